The predicted octanol–water partition coefficient (Wildman–Crippen LogP) is 2.86. The maximum absolute atomic E-state index is 9.61. The average molecular weight is 326 g/mol. The zero-order valence-corrected chi connectivity index (χ0v) is 12.6. The molecule has 1 atom stereocenters. The third kappa shape index (κ3) is 3.08. The lowest BCUT2D eigenvalue weighted by Crippen LogP contribution is -2.38. The van der Waals surface area contributed by atoms with Crippen LogP contribution in [-0.2, 0) is 0 Å². The number of hydrogen-bond donors (Lipinski definition) is 1. The summed E-state index contributed by atoms with van der Waals surface area (Å²) in [5.74, 6) is 2.49. The van der Waals surface area contributed by atoms with Gasteiger partial charge in [0.2, 0.25) is 0 Å². The van der Waals surface area contributed by atoms with Crippen molar-refractivity contribution in [2.75, 3.05) is 18.1 Å². The number of hydrogen-bond acceptors (Lipinski definition) is 4. The van der Waals surface area contributed by atoms with Crippen LogP contribution in [0.3, 0.4) is 0 Å². The van der Waals surface area contributed by atoms with Gasteiger partial charge in [0.1, 0.15) is 16.2 Å². The average Bonchev–Trinajstić information content (AvgIpc) is 3.24. The minimum atomic E-state index is 0.205. The van der Waals surface area contributed by atoms with Crippen LogP contribution in [-0.4, -0.2) is 34.3 Å². The second-order valence-corrected chi connectivity index (χ2v) is 6.37. The van der Waals surface area contributed by atoms with Gasteiger partial charge in [-0.25, -0.2) is 9.97 Å². The Morgan fingerprint density at radius 3 is 2.79 bits per heavy atom. The molecule has 1 saturated carbocycles. The number of aliphatic hydroxyl groups is 1. The zero-order valence-electron chi connectivity index (χ0n) is 11.1. The van der Waals surface area contributed by atoms with Crippen LogP contribution in [0.1, 0.15) is 50.3 Å². The summed E-state index contributed by atoms with van der Waals surface area (Å²) in [6.45, 7) is 1.19. The lowest BCUT2D eigenvalue weighted by Gasteiger charge is -2.30. The summed E-state index contributed by atoms with van der Waals surface area (Å²) >= 11 is 3.50. The van der Waals surface area contributed by atoms with Crippen molar-refractivity contribution in [3.8, 4) is 0 Å². The minimum Gasteiger partial charge on any atom is -0.394 e. The molecule has 4 nitrogen and oxygen atoms in total. The minimum absolute atomic E-state index is 0.205. The van der Waals surface area contributed by atoms with E-state index in [-0.39, 0.29) is 12.6 Å². The van der Waals surface area contributed by atoms with Crippen molar-refractivity contribution in [1.82, 2.24) is 9.97 Å². The maximum Gasteiger partial charge on any atom is 0.135 e. The lowest BCUT2D eigenvalue weighted by molar-refractivity contribution is 0.254. The first-order chi connectivity index (χ1) is 9.28. The van der Waals surface area contributed by atoms with Gasteiger partial charge in [0, 0.05) is 18.5 Å². The smallest absolute Gasteiger partial charge is 0.135 e. The largest absolute Gasteiger partial charge is 0.394 e. The number of aromatic nitrogens is 2. The lowest BCUT2D eigenvalue weighted by atomic mass is 10.1. The monoisotopic (exact) mass is 325 g/mol. The molecule has 2 fully saturated rings. The molecule has 1 aliphatic carbocycles. The quantitative estimate of drug-likeness (QED) is 0.868. The van der Waals surface area contributed by atoms with E-state index in [2.05, 4.69) is 25.8 Å². The Labute approximate surface area is 122 Å². The van der Waals surface area contributed by atoms with Crippen molar-refractivity contribution in [3.05, 3.63) is 16.5 Å². The molecule has 1 N–H and O–H groups in total. The van der Waals surface area contributed by atoms with Crippen LogP contribution in [0.4, 0.5) is 5.82 Å². The van der Waals surface area contributed by atoms with Gasteiger partial charge in [0.05, 0.1) is 12.6 Å². The molecule has 19 heavy (non-hydrogen) atoms. The van der Waals surface area contributed by atoms with E-state index in [1.165, 1.54) is 32.1 Å². The first kappa shape index (κ1) is 13.3. The SMILES string of the molecule is OCC1CCCCCN1c1cc(Br)nc(C2CC2)n1. The molecule has 0 radical (unpaired) electrons. The number of nitrogens with zero attached hydrogens (tertiary/aromatic N) is 3. The van der Waals surface area contributed by atoms with E-state index in [1.807, 2.05) is 6.07 Å². The number of rotatable bonds is 3. The van der Waals surface area contributed by atoms with Crippen LogP contribution in [0.25, 0.3) is 0 Å². The highest BCUT2D eigenvalue weighted by atomic mass is 79.9. The van der Waals surface area contributed by atoms with Crippen molar-refractivity contribution < 1.29 is 5.11 Å². The van der Waals surface area contributed by atoms with Crippen molar-refractivity contribution in [1.29, 1.82) is 0 Å². The third-order valence-corrected chi connectivity index (χ3v) is 4.43. The van der Waals surface area contributed by atoms with E-state index in [0.717, 1.165) is 29.2 Å². The Bertz CT molecular complexity index is 450. The molecule has 104 valence electrons. The van der Waals surface area contributed by atoms with Gasteiger partial charge < -0.3 is 10.0 Å². The van der Waals surface area contributed by atoms with Crippen LogP contribution in [0.15, 0.2) is 10.7 Å². The molecule has 1 aliphatic heterocycles. The van der Waals surface area contributed by atoms with Crippen LogP contribution in [0, 0.1) is 0 Å². The van der Waals surface area contributed by atoms with Gasteiger partial charge in [-0.1, -0.05) is 12.8 Å². The molecule has 5 heteroatoms. The van der Waals surface area contributed by atoms with Gasteiger partial charge in [0.15, 0.2) is 0 Å². The van der Waals surface area contributed by atoms with Crippen molar-refractivity contribution in [3.63, 3.8) is 0 Å². The van der Waals surface area contributed by atoms with E-state index < -0.39 is 0 Å². The molecular formula is C14H20BrN3O. The normalized spacial score (nSPS) is 24.3. The van der Waals surface area contributed by atoms with Gasteiger partial charge in [0.25, 0.3) is 0 Å². The van der Waals surface area contributed by atoms with Gasteiger partial charge in [-0.3, -0.25) is 0 Å². The van der Waals surface area contributed by atoms with Crippen LogP contribution < -0.4 is 4.90 Å². The highest BCUT2D eigenvalue weighted by Crippen LogP contribution is 2.39. The van der Waals surface area contributed by atoms with E-state index in [9.17, 15) is 5.11 Å². The standard InChI is InChI=1S/C14H20BrN3O/c15-12-8-13(17-14(16-12)10-5-6-10)18-7-3-1-2-4-11(18)9-19/h8,10-11,19H,1-7,9H2. The maximum atomic E-state index is 9.61. The molecule has 1 unspecified atom stereocenters. The molecule has 3 rings (SSSR count). The van der Waals surface area contributed by atoms with E-state index in [0.29, 0.717) is 5.92 Å². The van der Waals surface area contributed by atoms with Gasteiger partial charge in [-0.05, 0) is 41.6 Å². The van der Waals surface area contributed by atoms with Crippen molar-refractivity contribution in [2.45, 2.75) is 50.5 Å². The fourth-order valence-corrected chi connectivity index (χ4v) is 3.15. The molecule has 2 aliphatic rings. The molecular weight excluding hydrogens is 306 g/mol. The molecule has 0 amide bonds. The van der Waals surface area contributed by atoms with Crippen LogP contribution in [0.5, 0.6) is 0 Å². The number of halogens is 1. The fourth-order valence-electron chi connectivity index (χ4n) is 2.76. The van der Waals surface area contributed by atoms with Crippen LogP contribution >= 0.6 is 15.9 Å². The molecule has 0 bridgehead atoms. The summed E-state index contributed by atoms with van der Waals surface area (Å²) < 4.78 is 0.861. The number of aliphatic hydroxyl groups excluding tert-OH is 1. The van der Waals surface area contributed by atoms with Gasteiger partial charge in [-0.2, -0.15) is 0 Å². The summed E-state index contributed by atoms with van der Waals surface area (Å²) in [5.41, 5.74) is 0. The molecule has 1 aromatic heterocycles. The Kier molecular flexibility index (Phi) is 4.03. The number of anilines is 1. The Hall–Kier alpha value is -0.680. The second-order valence-electron chi connectivity index (χ2n) is 5.56. The highest BCUT2D eigenvalue weighted by molar-refractivity contribution is 9.10. The second kappa shape index (κ2) is 5.75. The topological polar surface area (TPSA) is 49.2 Å². The van der Waals surface area contributed by atoms with E-state index in [4.69, 9.17) is 4.98 Å². The third-order valence-electron chi connectivity index (χ3n) is 4.02. The van der Waals surface area contributed by atoms with Crippen molar-refractivity contribution in [2.24, 2.45) is 0 Å². The Morgan fingerprint density at radius 2 is 2.05 bits per heavy atom. The first-order valence-electron chi connectivity index (χ1n) is 7.20. The summed E-state index contributed by atoms with van der Waals surface area (Å²) in [5, 5.41) is 9.61. The summed E-state index contributed by atoms with van der Waals surface area (Å²) in [7, 11) is 0. The highest BCUT2D eigenvalue weighted by Gasteiger charge is 2.29. The van der Waals surface area contributed by atoms with E-state index in [1.54, 1.807) is 0 Å². The molecule has 2 heterocycles. The van der Waals surface area contributed by atoms with Gasteiger partial charge in [-0.15, -0.1) is 0 Å². The molecule has 1 saturated heterocycles. The predicted molar refractivity (Wildman–Crippen MR) is 78.4 cm³/mol. The first-order valence-corrected chi connectivity index (χ1v) is 7.99. The van der Waals surface area contributed by atoms with E-state index >= 15 is 0 Å². The fraction of sp³-hybridized carbons (Fsp3) is 0.714. The van der Waals surface area contributed by atoms with Crippen molar-refractivity contribution >= 4 is 21.7 Å². The summed E-state index contributed by atoms with van der Waals surface area (Å²) in [6.07, 6.45) is 7.09. The summed E-state index contributed by atoms with van der Waals surface area (Å²) in [4.78, 5) is 11.5. The molecule has 0 aromatic carbocycles. The van der Waals surface area contributed by atoms with Crippen LogP contribution in [0.2, 0.25) is 0 Å². The van der Waals surface area contributed by atoms with Gasteiger partial charge >= 0.3 is 0 Å². The molecule has 0 spiro atoms. The Balaban J connectivity index is 1.89. The summed E-state index contributed by atoms with van der Waals surface area (Å²) in [6, 6.07) is 2.19. The zero-order chi connectivity index (χ0) is 13.2. The Morgan fingerprint density at radius 1 is 1.21 bits per heavy atom. The molecule has 1 aromatic rings.